The summed E-state index contributed by atoms with van der Waals surface area (Å²) in [5.74, 6) is -1.54. The van der Waals surface area contributed by atoms with Gasteiger partial charge in [-0.2, -0.15) is 4.39 Å². The highest BCUT2D eigenvalue weighted by atomic mass is 35.5. The van der Waals surface area contributed by atoms with Crippen LogP contribution in [0.1, 0.15) is 52.5 Å². The summed E-state index contributed by atoms with van der Waals surface area (Å²) in [5.41, 5.74) is 0.230. The number of hydrogen-bond donors (Lipinski definition) is 1. The summed E-state index contributed by atoms with van der Waals surface area (Å²) in [4.78, 5) is 44.3. The van der Waals surface area contributed by atoms with Crippen LogP contribution < -0.4 is 11.2 Å². The quantitative estimate of drug-likeness (QED) is 0.511. The van der Waals surface area contributed by atoms with E-state index in [0.29, 0.717) is 10.6 Å². The fourth-order valence-corrected chi connectivity index (χ4v) is 3.54. The third-order valence-corrected chi connectivity index (χ3v) is 4.68. The SMILES string of the molecule is Cc1cc(Cl)cc(C(=O)c2c(C(C)C)c(=O)[nH]c(=O)n2Cc2ccnc(F)c2)c1. The van der Waals surface area contributed by atoms with Crippen LogP contribution in [0.25, 0.3) is 0 Å². The van der Waals surface area contributed by atoms with Gasteiger partial charge < -0.3 is 0 Å². The van der Waals surface area contributed by atoms with E-state index in [-0.39, 0.29) is 29.3 Å². The molecule has 0 fully saturated rings. The molecule has 0 atom stereocenters. The molecule has 0 unspecified atom stereocenters. The van der Waals surface area contributed by atoms with Gasteiger partial charge in [0.15, 0.2) is 0 Å². The molecule has 0 aliphatic rings. The van der Waals surface area contributed by atoms with Gasteiger partial charge in [-0.05, 0) is 54.3 Å². The maximum Gasteiger partial charge on any atom is 0.329 e. The molecular weight excluding hydrogens is 397 g/mol. The highest BCUT2D eigenvalue weighted by molar-refractivity contribution is 6.31. The first-order valence-corrected chi connectivity index (χ1v) is 9.34. The number of hydrogen-bond acceptors (Lipinski definition) is 4. The lowest BCUT2D eigenvalue weighted by molar-refractivity contribution is 0.102. The Morgan fingerprint density at radius 1 is 1.24 bits per heavy atom. The molecule has 6 nitrogen and oxygen atoms in total. The van der Waals surface area contributed by atoms with Crippen molar-refractivity contribution in [2.45, 2.75) is 33.2 Å². The molecule has 0 aliphatic carbocycles. The number of aromatic nitrogens is 3. The third kappa shape index (κ3) is 4.35. The Morgan fingerprint density at radius 3 is 2.59 bits per heavy atom. The van der Waals surface area contributed by atoms with Gasteiger partial charge in [0.05, 0.1) is 6.54 Å². The number of carbonyl (C=O) groups is 1. The molecule has 0 spiro atoms. The van der Waals surface area contributed by atoms with Crippen LogP contribution in [0.3, 0.4) is 0 Å². The van der Waals surface area contributed by atoms with Crippen LogP contribution in [-0.2, 0) is 6.54 Å². The molecule has 0 saturated heterocycles. The normalized spacial score (nSPS) is 11.1. The van der Waals surface area contributed by atoms with E-state index in [1.54, 1.807) is 32.9 Å². The number of nitrogens with one attached hydrogen (secondary N) is 1. The Kier molecular flexibility index (Phi) is 5.79. The Morgan fingerprint density at radius 2 is 1.97 bits per heavy atom. The summed E-state index contributed by atoms with van der Waals surface area (Å²) in [6.07, 6.45) is 1.27. The molecule has 1 N–H and O–H groups in total. The number of ketones is 1. The van der Waals surface area contributed by atoms with E-state index >= 15 is 0 Å². The van der Waals surface area contributed by atoms with Crippen molar-refractivity contribution in [2.24, 2.45) is 0 Å². The molecule has 2 aromatic heterocycles. The van der Waals surface area contributed by atoms with Crippen LogP contribution in [0, 0.1) is 12.9 Å². The number of H-pyrrole nitrogens is 1. The van der Waals surface area contributed by atoms with Gasteiger partial charge in [-0.25, -0.2) is 9.78 Å². The van der Waals surface area contributed by atoms with Gasteiger partial charge in [0, 0.05) is 22.3 Å². The zero-order chi connectivity index (χ0) is 21.3. The van der Waals surface area contributed by atoms with Crippen LogP contribution in [-0.4, -0.2) is 20.3 Å². The fraction of sp³-hybridized carbons (Fsp3) is 0.238. The number of carbonyl (C=O) groups excluding carboxylic acids is 1. The molecule has 1 aromatic carbocycles. The molecule has 0 bridgehead atoms. The highest BCUT2D eigenvalue weighted by Gasteiger charge is 2.25. The van der Waals surface area contributed by atoms with E-state index in [0.717, 1.165) is 10.1 Å². The van der Waals surface area contributed by atoms with E-state index in [1.165, 1.54) is 24.4 Å². The second kappa shape index (κ2) is 8.13. The molecule has 2 heterocycles. The van der Waals surface area contributed by atoms with Crippen molar-refractivity contribution in [3.8, 4) is 0 Å². The van der Waals surface area contributed by atoms with E-state index in [9.17, 15) is 18.8 Å². The Bertz CT molecular complexity index is 1190. The van der Waals surface area contributed by atoms with E-state index in [2.05, 4.69) is 9.97 Å². The summed E-state index contributed by atoms with van der Waals surface area (Å²) in [7, 11) is 0. The Labute approximate surface area is 171 Å². The minimum Gasteiger partial charge on any atom is -0.287 e. The zero-order valence-electron chi connectivity index (χ0n) is 16.1. The van der Waals surface area contributed by atoms with Crippen molar-refractivity contribution in [3.05, 3.63) is 96.3 Å². The number of pyridine rings is 1. The first-order chi connectivity index (χ1) is 13.7. The lowest BCUT2D eigenvalue weighted by Gasteiger charge is -2.17. The molecule has 0 saturated carbocycles. The van der Waals surface area contributed by atoms with E-state index in [4.69, 9.17) is 11.6 Å². The molecule has 0 aliphatic heterocycles. The van der Waals surface area contributed by atoms with Crippen molar-refractivity contribution < 1.29 is 9.18 Å². The van der Waals surface area contributed by atoms with E-state index in [1.807, 2.05) is 0 Å². The minimum atomic E-state index is -0.751. The average molecular weight is 416 g/mol. The van der Waals surface area contributed by atoms with Gasteiger partial charge in [-0.1, -0.05) is 25.4 Å². The molecule has 150 valence electrons. The van der Waals surface area contributed by atoms with Gasteiger partial charge in [0.1, 0.15) is 5.69 Å². The van der Waals surface area contributed by atoms with Crippen LogP contribution in [0.2, 0.25) is 5.02 Å². The first kappa shape index (κ1) is 20.7. The molecule has 29 heavy (non-hydrogen) atoms. The van der Waals surface area contributed by atoms with Gasteiger partial charge >= 0.3 is 5.69 Å². The molecular formula is C21H19ClFN3O3. The Balaban J connectivity index is 2.28. The minimum absolute atomic E-state index is 0.0346. The van der Waals surface area contributed by atoms with Crippen LogP contribution in [0.5, 0.6) is 0 Å². The molecule has 3 rings (SSSR count). The number of rotatable bonds is 5. The maximum absolute atomic E-state index is 13.5. The summed E-state index contributed by atoms with van der Waals surface area (Å²) < 4.78 is 14.7. The lowest BCUT2D eigenvalue weighted by atomic mass is 9.96. The second-order valence-corrected chi connectivity index (χ2v) is 7.53. The Hall–Kier alpha value is -3.06. The first-order valence-electron chi connectivity index (χ1n) is 8.96. The predicted molar refractivity (Wildman–Crippen MR) is 108 cm³/mol. The molecule has 3 aromatic rings. The summed E-state index contributed by atoms with van der Waals surface area (Å²) in [5, 5.41) is 0.370. The van der Waals surface area contributed by atoms with E-state index < -0.39 is 23.0 Å². The van der Waals surface area contributed by atoms with Gasteiger partial charge in [0.2, 0.25) is 11.7 Å². The average Bonchev–Trinajstić information content (AvgIpc) is 2.62. The molecule has 0 radical (unpaired) electrons. The number of benzene rings is 1. The molecule has 0 amide bonds. The number of aryl methyl sites for hydroxylation is 1. The summed E-state index contributed by atoms with van der Waals surface area (Å²) >= 11 is 6.10. The van der Waals surface area contributed by atoms with Crippen molar-refractivity contribution in [3.63, 3.8) is 0 Å². The highest BCUT2D eigenvalue weighted by Crippen LogP contribution is 2.22. The number of halogens is 2. The standard InChI is InChI=1S/C21H19ClFN3O3/c1-11(2)17-18(19(27)14-6-12(3)7-15(22)9-14)26(21(29)25-20(17)28)10-13-4-5-24-16(23)8-13/h4-9,11H,10H2,1-3H3,(H,25,28,29). The zero-order valence-corrected chi connectivity index (χ0v) is 16.9. The number of nitrogens with zero attached hydrogens (tertiary/aromatic N) is 2. The molecule has 8 heteroatoms. The van der Waals surface area contributed by atoms with Gasteiger partial charge in [0.25, 0.3) is 5.56 Å². The summed E-state index contributed by atoms with van der Waals surface area (Å²) in [6, 6.07) is 7.54. The monoisotopic (exact) mass is 415 g/mol. The van der Waals surface area contributed by atoms with Crippen LogP contribution in [0.15, 0.2) is 46.1 Å². The third-order valence-electron chi connectivity index (χ3n) is 4.46. The van der Waals surface area contributed by atoms with Crippen molar-refractivity contribution >= 4 is 17.4 Å². The maximum atomic E-state index is 13.5. The topological polar surface area (TPSA) is 84.8 Å². The lowest BCUT2D eigenvalue weighted by Crippen LogP contribution is -2.38. The van der Waals surface area contributed by atoms with Crippen molar-refractivity contribution in [1.82, 2.24) is 14.5 Å². The summed E-state index contributed by atoms with van der Waals surface area (Å²) in [6.45, 7) is 5.20. The second-order valence-electron chi connectivity index (χ2n) is 7.10. The van der Waals surface area contributed by atoms with Crippen molar-refractivity contribution in [2.75, 3.05) is 0 Å². The smallest absolute Gasteiger partial charge is 0.287 e. The number of aromatic amines is 1. The van der Waals surface area contributed by atoms with Crippen molar-refractivity contribution in [1.29, 1.82) is 0 Å². The van der Waals surface area contributed by atoms with Gasteiger partial charge in [-0.15, -0.1) is 0 Å². The predicted octanol–water partition coefficient (Wildman–Crippen LogP) is 3.44. The van der Waals surface area contributed by atoms with Crippen LogP contribution >= 0.6 is 11.6 Å². The van der Waals surface area contributed by atoms with Crippen LogP contribution in [0.4, 0.5) is 4.39 Å². The van der Waals surface area contributed by atoms with Gasteiger partial charge in [-0.3, -0.25) is 19.1 Å². The largest absolute Gasteiger partial charge is 0.329 e. The fourth-order valence-electron chi connectivity index (χ4n) is 3.25.